The molecule has 0 aliphatic rings. The molecule has 0 aliphatic carbocycles. The second-order valence-corrected chi connectivity index (χ2v) is 13.9. The fourth-order valence-electron chi connectivity index (χ4n) is 4.36. The molecule has 0 fully saturated rings. The molecule has 0 aliphatic heterocycles. The highest BCUT2D eigenvalue weighted by Gasteiger charge is 2.36. The number of sulfonamides is 1. The number of benzene rings is 2. The van der Waals surface area contributed by atoms with Gasteiger partial charge in [0.2, 0.25) is 21.8 Å². The van der Waals surface area contributed by atoms with Crippen LogP contribution in [0.4, 0.5) is 4.39 Å². The summed E-state index contributed by atoms with van der Waals surface area (Å²) in [6.07, 6.45) is 0.143. The van der Waals surface area contributed by atoms with Gasteiger partial charge in [-0.3, -0.25) is 9.59 Å². The first-order valence-electron chi connectivity index (χ1n) is 14.9. The lowest BCUT2D eigenvalue weighted by atomic mass is 9.85. The van der Waals surface area contributed by atoms with Crippen LogP contribution in [0, 0.1) is 17.2 Å². The third-order valence-electron chi connectivity index (χ3n) is 6.46. The summed E-state index contributed by atoms with van der Waals surface area (Å²) in [5.74, 6) is -1.24. The molecule has 45 heavy (non-hydrogen) atoms. The topological polar surface area (TPSA) is 128 Å². The number of rotatable bonds is 15. The Bertz CT molecular complexity index is 1250. The van der Waals surface area contributed by atoms with E-state index in [1.54, 1.807) is 12.1 Å². The van der Waals surface area contributed by atoms with Gasteiger partial charge in [-0.05, 0) is 41.0 Å². The molecule has 0 saturated heterocycles. The molecule has 2 aromatic rings. The fourth-order valence-corrected chi connectivity index (χ4v) is 5.35. The molecule has 4 N–H and O–H groups in total. The van der Waals surface area contributed by atoms with Crippen molar-refractivity contribution < 1.29 is 27.5 Å². The first-order chi connectivity index (χ1) is 21.1. The quantitative estimate of drug-likeness (QED) is 0.181. The molecule has 2 aromatic carbocycles. The number of aliphatic hydroxyl groups is 1. The van der Waals surface area contributed by atoms with Crippen LogP contribution in [0.3, 0.4) is 0 Å². The Kier molecular flexibility index (Phi) is 21.5. The summed E-state index contributed by atoms with van der Waals surface area (Å²) in [5.41, 5.74) is 0.854. The minimum Gasteiger partial charge on any atom is -0.390 e. The SMILES string of the molecule is CC.CC(C)CN(CC(O)C(Cc1ccccc1)NC(=O)[C@@H](NC(=O)CNCc1cccc(F)c1)C(C)(C)C)S(C)(=O)=O.II. The smallest absolute Gasteiger partial charge is 0.243 e. The van der Waals surface area contributed by atoms with Crippen LogP contribution in [-0.4, -0.2) is 73.7 Å². The summed E-state index contributed by atoms with van der Waals surface area (Å²) >= 11 is 4.24. The zero-order valence-electron chi connectivity index (χ0n) is 27.6. The van der Waals surface area contributed by atoms with Crippen LogP contribution in [0.15, 0.2) is 54.6 Å². The van der Waals surface area contributed by atoms with E-state index in [-0.39, 0.29) is 44.3 Å². The average molecular weight is 877 g/mol. The molecule has 2 rings (SSSR count). The maximum Gasteiger partial charge on any atom is 0.243 e. The number of carbonyl (C=O) groups excluding carboxylic acids is 2. The van der Waals surface area contributed by atoms with Crippen molar-refractivity contribution in [3.63, 3.8) is 0 Å². The van der Waals surface area contributed by atoms with Crippen LogP contribution in [0.1, 0.15) is 59.6 Å². The molecular formula is C32H51FI2N4O5S. The van der Waals surface area contributed by atoms with Crippen LogP contribution >= 0.6 is 37.2 Å². The number of carbonyl (C=O) groups is 2. The molecule has 0 aromatic heterocycles. The maximum absolute atomic E-state index is 13.6. The van der Waals surface area contributed by atoms with E-state index in [2.05, 4.69) is 53.2 Å². The molecule has 0 heterocycles. The predicted octanol–water partition coefficient (Wildman–Crippen LogP) is 5.25. The zero-order chi connectivity index (χ0) is 34.8. The molecule has 13 heteroatoms. The Hall–Kier alpha value is -1.40. The monoisotopic (exact) mass is 876 g/mol. The van der Waals surface area contributed by atoms with Crippen LogP contribution in [0.25, 0.3) is 0 Å². The summed E-state index contributed by atoms with van der Waals surface area (Å²) in [5, 5.41) is 19.9. The van der Waals surface area contributed by atoms with Crippen LogP contribution < -0.4 is 16.0 Å². The lowest BCUT2D eigenvalue weighted by Crippen LogP contribution is -2.59. The average Bonchev–Trinajstić information content (AvgIpc) is 2.96. The van der Waals surface area contributed by atoms with Crippen molar-refractivity contribution in [2.24, 2.45) is 11.3 Å². The molecule has 0 radical (unpaired) electrons. The first-order valence-corrected chi connectivity index (χ1v) is 23.1. The van der Waals surface area contributed by atoms with Gasteiger partial charge in [-0.15, -0.1) is 0 Å². The Morgan fingerprint density at radius 2 is 1.53 bits per heavy atom. The van der Waals surface area contributed by atoms with E-state index >= 15 is 0 Å². The second kappa shape index (κ2) is 22.2. The molecular weight excluding hydrogens is 825 g/mol. The van der Waals surface area contributed by atoms with Crippen molar-refractivity contribution >= 4 is 59.1 Å². The third-order valence-corrected chi connectivity index (χ3v) is 7.69. The van der Waals surface area contributed by atoms with E-state index in [1.807, 2.05) is 78.8 Å². The summed E-state index contributed by atoms with van der Waals surface area (Å²) in [6, 6.07) is 13.5. The molecule has 0 saturated carbocycles. The molecule has 2 amide bonds. The Morgan fingerprint density at radius 1 is 0.956 bits per heavy atom. The molecule has 256 valence electrons. The molecule has 9 nitrogen and oxygen atoms in total. The highest BCUT2D eigenvalue weighted by Crippen LogP contribution is 2.20. The number of halogens is 3. The molecule has 2 unspecified atom stereocenters. The van der Waals surface area contributed by atoms with Gasteiger partial charge in [-0.25, -0.2) is 12.8 Å². The predicted molar refractivity (Wildman–Crippen MR) is 198 cm³/mol. The Morgan fingerprint density at radius 3 is 2.04 bits per heavy atom. The van der Waals surface area contributed by atoms with Gasteiger partial charge in [0.15, 0.2) is 0 Å². The Balaban J connectivity index is 0.00000464. The second-order valence-electron chi connectivity index (χ2n) is 11.9. The summed E-state index contributed by atoms with van der Waals surface area (Å²) in [7, 11) is -3.60. The highest BCUT2D eigenvalue weighted by molar-refractivity contribution is 15.0. The van der Waals surface area contributed by atoms with Crippen molar-refractivity contribution in [3.05, 3.63) is 71.5 Å². The van der Waals surface area contributed by atoms with Gasteiger partial charge in [0.1, 0.15) is 11.9 Å². The van der Waals surface area contributed by atoms with Gasteiger partial charge in [-0.2, -0.15) is 4.31 Å². The largest absolute Gasteiger partial charge is 0.390 e. The van der Waals surface area contributed by atoms with Crippen molar-refractivity contribution in [3.8, 4) is 0 Å². The van der Waals surface area contributed by atoms with E-state index in [4.69, 9.17) is 0 Å². The van der Waals surface area contributed by atoms with E-state index < -0.39 is 45.4 Å². The number of amides is 2. The van der Waals surface area contributed by atoms with Gasteiger partial charge in [0.05, 0.1) is 24.9 Å². The minimum atomic E-state index is -3.60. The molecule has 3 atom stereocenters. The highest BCUT2D eigenvalue weighted by atomic mass is 128. The third kappa shape index (κ3) is 17.9. The van der Waals surface area contributed by atoms with Gasteiger partial charge in [-0.1, -0.05) is 90.9 Å². The van der Waals surface area contributed by atoms with Gasteiger partial charge < -0.3 is 21.1 Å². The normalized spacial score (nSPS) is 13.5. The lowest BCUT2D eigenvalue weighted by Gasteiger charge is -2.34. The van der Waals surface area contributed by atoms with Crippen molar-refractivity contribution in [2.45, 2.75) is 79.6 Å². The van der Waals surface area contributed by atoms with E-state index in [0.29, 0.717) is 5.56 Å². The van der Waals surface area contributed by atoms with Crippen molar-refractivity contribution in [2.75, 3.05) is 25.9 Å². The van der Waals surface area contributed by atoms with Gasteiger partial charge in [0, 0.05) is 56.9 Å². The van der Waals surface area contributed by atoms with Crippen LogP contribution in [-0.2, 0) is 32.6 Å². The number of nitrogens with one attached hydrogen (secondary N) is 3. The number of aliphatic hydroxyl groups excluding tert-OH is 1. The lowest BCUT2D eigenvalue weighted by molar-refractivity contribution is -0.132. The van der Waals surface area contributed by atoms with Crippen LogP contribution in [0.5, 0.6) is 0 Å². The first kappa shape index (κ1) is 43.6. The van der Waals surface area contributed by atoms with Crippen molar-refractivity contribution in [1.29, 1.82) is 0 Å². The van der Waals surface area contributed by atoms with Gasteiger partial charge in [0.25, 0.3) is 0 Å². The standard InChI is InChI=1S/C30H45FN4O5S.C2H6.I2/c1-21(2)19-35(41(6,39)40)20-26(36)25(16-22-11-8-7-9-12-22)33-29(38)28(30(3,4)5)34-27(37)18-32-17-23-13-10-14-24(31)15-23;2*1-2/h7-15,21,25-26,28,32,36H,16-20H2,1-6H3,(H,33,38)(H,34,37);1-2H3;/t25?,26?,28-;;/m1../s1. The van der Waals surface area contributed by atoms with E-state index in [1.165, 1.54) is 16.4 Å². The van der Waals surface area contributed by atoms with E-state index in [0.717, 1.165) is 11.8 Å². The fraction of sp³-hybridized carbons (Fsp3) is 0.562. The Labute approximate surface area is 293 Å². The van der Waals surface area contributed by atoms with Gasteiger partial charge >= 0.3 is 0 Å². The number of hydrogen-bond acceptors (Lipinski definition) is 6. The number of nitrogens with zero attached hydrogens (tertiary/aromatic N) is 1. The zero-order valence-corrected chi connectivity index (χ0v) is 32.7. The van der Waals surface area contributed by atoms with Crippen LogP contribution in [0.2, 0.25) is 0 Å². The molecule has 0 spiro atoms. The summed E-state index contributed by atoms with van der Waals surface area (Å²) < 4.78 is 39.5. The summed E-state index contributed by atoms with van der Waals surface area (Å²) in [4.78, 5) is 26.4. The number of hydrogen-bond donors (Lipinski definition) is 4. The molecule has 0 bridgehead atoms. The van der Waals surface area contributed by atoms with Crippen molar-refractivity contribution in [1.82, 2.24) is 20.3 Å². The minimum absolute atomic E-state index is 0.0362. The maximum atomic E-state index is 13.6. The van der Waals surface area contributed by atoms with E-state index in [9.17, 15) is 27.5 Å². The summed E-state index contributed by atoms with van der Waals surface area (Å²) in [6.45, 7) is 13.4.